The van der Waals surface area contributed by atoms with Crippen LogP contribution in [0.25, 0.3) is 0 Å². The molecule has 0 saturated carbocycles. The molecule has 1 amide bonds. The second kappa shape index (κ2) is 5.80. The maximum atomic E-state index is 13.2. The molecule has 0 aliphatic heterocycles. The number of carbonyl (C=O) groups excluding carboxylic acids is 1. The number of hydrogen-bond donors (Lipinski definition) is 1. The normalized spacial score (nSPS) is 12.2. The molecule has 0 heterocycles. The molecule has 1 aromatic carbocycles. The van der Waals surface area contributed by atoms with Crippen molar-refractivity contribution in [3.63, 3.8) is 0 Å². The van der Waals surface area contributed by atoms with E-state index in [0.29, 0.717) is 6.42 Å². The van der Waals surface area contributed by atoms with Crippen molar-refractivity contribution in [2.24, 2.45) is 0 Å². The molecule has 1 atom stereocenters. The van der Waals surface area contributed by atoms with E-state index in [1.165, 1.54) is 6.07 Å². The summed E-state index contributed by atoms with van der Waals surface area (Å²) in [5, 5.41) is 2.32. The van der Waals surface area contributed by atoms with Crippen molar-refractivity contribution in [2.75, 3.05) is 6.54 Å². The number of alkyl halides is 1. The topological polar surface area (TPSA) is 29.1 Å². The zero-order chi connectivity index (χ0) is 12.1. The van der Waals surface area contributed by atoms with E-state index in [1.807, 2.05) is 0 Å². The number of benzene rings is 1. The molecular formula is C11H12ClF2NO. The molecule has 0 bridgehead atoms. The molecule has 0 aliphatic carbocycles. The highest BCUT2D eigenvalue weighted by molar-refractivity contribution is 6.20. The Bertz CT molecular complexity index is 362. The van der Waals surface area contributed by atoms with Crippen molar-refractivity contribution < 1.29 is 13.6 Å². The lowest BCUT2D eigenvalue weighted by Gasteiger charge is -2.07. The molecule has 1 N–H and O–H groups in total. The highest BCUT2D eigenvalue weighted by atomic mass is 35.5. The van der Waals surface area contributed by atoms with Gasteiger partial charge in [0, 0.05) is 11.9 Å². The fourth-order valence-electron chi connectivity index (χ4n) is 1.19. The van der Waals surface area contributed by atoms with Crippen LogP contribution in [-0.2, 0) is 0 Å². The molecule has 1 aromatic rings. The van der Waals surface area contributed by atoms with Gasteiger partial charge < -0.3 is 5.32 Å². The quantitative estimate of drug-likeness (QED) is 0.815. The molecule has 0 spiro atoms. The first-order valence-electron chi connectivity index (χ1n) is 4.88. The third kappa shape index (κ3) is 3.45. The van der Waals surface area contributed by atoms with Crippen molar-refractivity contribution in [2.45, 2.75) is 18.7 Å². The molecule has 88 valence electrons. The van der Waals surface area contributed by atoms with Crippen LogP contribution in [0.4, 0.5) is 8.78 Å². The first-order chi connectivity index (χ1) is 7.52. The Morgan fingerprint density at radius 3 is 2.50 bits per heavy atom. The van der Waals surface area contributed by atoms with Crippen molar-refractivity contribution in [3.05, 3.63) is 35.4 Å². The Morgan fingerprint density at radius 1 is 1.44 bits per heavy atom. The molecule has 2 nitrogen and oxygen atoms in total. The van der Waals surface area contributed by atoms with E-state index in [-0.39, 0.29) is 11.9 Å². The van der Waals surface area contributed by atoms with Crippen LogP contribution in [-0.4, -0.2) is 17.8 Å². The second-order valence-electron chi connectivity index (χ2n) is 3.42. The predicted molar refractivity (Wildman–Crippen MR) is 58.6 cm³/mol. The Hall–Kier alpha value is -1.16. The van der Waals surface area contributed by atoms with E-state index in [9.17, 15) is 13.6 Å². The zero-order valence-corrected chi connectivity index (χ0v) is 9.52. The molecule has 5 heteroatoms. The number of amides is 1. The van der Waals surface area contributed by atoms with Crippen molar-refractivity contribution in [1.82, 2.24) is 5.32 Å². The third-order valence-corrected chi connectivity index (χ3v) is 2.24. The SMILES string of the molecule is CC(Cl)CCNC(=O)c1c(F)cccc1F. The van der Waals surface area contributed by atoms with E-state index >= 15 is 0 Å². The van der Waals surface area contributed by atoms with Crippen LogP contribution < -0.4 is 5.32 Å². The molecular weight excluding hydrogens is 236 g/mol. The smallest absolute Gasteiger partial charge is 0.257 e. The molecule has 16 heavy (non-hydrogen) atoms. The Morgan fingerprint density at radius 2 is 2.00 bits per heavy atom. The summed E-state index contributed by atoms with van der Waals surface area (Å²) >= 11 is 5.67. The second-order valence-corrected chi connectivity index (χ2v) is 4.17. The molecule has 0 aliphatic rings. The average molecular weight is 248 g/mol. The minimum Gasteiger partial charge on any atom is -0.352 e. The average Bonchev–Trinajstić information content (AvgIpc) is 2.16. The van der Waals surface area contributed by atoms with Gasteiger partial charge in [0.25, 0.3) is 5.91 Å². The van der Waals surface area contributed by atoms with Crippen LogP contribution in [0, 0.1) is 11.6 Å². The Labute approximate surface area is 97.6 Å². The fourth-order valence-corrected chi connectivity index (χ4v) is 1.30. The van der Waals surface area contributed by atoms with E-state index < -0.39 is 23.1 Å². The van der Waals surface area contributed by atoms with Gasteiger partial charge in [0.15, 0.2) is 0 Å². The maximum absolute atomic E-state index is 13.2. The van der Waals surface area contributed by atoms with Crippen LogP contribution >= 0.6 is 11.6 Å². The summed E-state index contributed by atoms with van der Waals surface area (Å²) in [6, 6.07) is 3.30. The summed E-state index contributed by atoms with van der Waals surface area (Å²) < 4.78 is 26.3. The summed E-state index contributed by atoms with van der Waals surface area (Å²) in [6.45, 7) is 2.06. The van der Waals surface area contributed by atoms with Gasteiger partial charge in [0.05, 0.1) is 0 Å². The van der Waals surface area contributed by atoms with E-state index in [2.05, 4.69) is 5.32 Å². The third-order valence-electron chi connectivity index (χ3n) is 2.02. The number of hydrogen-bond acceptors (Lipinski definition) is 1. The van der Waals surface area contributed by atoms with Gasteiger partial charge in [0.2, 0.25) is 0 Å². The van der Waals surface area contributed by atoms with E-state index in [4.69, 9.17) is 11.6 Å². The molecule has 0 radical (unpaired) electrons. The van der Waals surface area contributed by atoms with E-state index in [0.717, 1.165) is 12.1 Å². The minimum absolute atomic E-state index is 0.0919. The monoisotopic (exact) mass is 247 g/mol. The summed E-state index contributed by atoms with van der Waals surface area (Å²) in [5.74, 6) is -2.49. The number of halogens is 3. The molecule has 0 aromatic heterocycles. The highest BCUT2D eigenvalue weighted by Crippen LogP contribution is 2.11. The number of nitrogens with one attached hydrogen (secondary N) is 1. The highest BCUT2D eigenvalue weighted by Gasteiger charge is 2.16. The Balaban J connectivity index is 2.66. The summed E-state index contributed by atoms with van der Waals surface area (Å²) in [7, 11) is 0. The molecule has 1 unspecified atom stereocenters. The van der Waals surface area contributed by atoms with Crippen LogP contribution in [0.3, 0.4) is 0 Å². The molecule has 1 rings (SSSR count). The molecule has 0 fully saturated rings. The van der Waals surface area contributed by atoms with Gasteiger partial charge in [-0.1, -0.05) is 6.07 Å². The van der Waals surface area contributed by atoms with Crippen molar-refractivity contribution in [3.8, 4) is 0 Å². The van der Waals surface area contributed by atoms with Gasteiger partial charge in [-0.15, -0.1) is 11.6 Å². The first kappa shape index (κ1) is 12.9. The number of rotatable bonds is 4. The van der Waals surface area contributed by atoms with Crippen LogP contribution in [0.2, 0.25) is 0 Å². The summed E-state index contributed by atoms with van der Waals surface area (Å²) in [6.07, 6.45) is 0.545. The summed E-state index contributed by atoms with van der Waals surface area (Å²) in [4.78, 5) is 11.4. The van der Waals surface area contributed by atoms with Crippen LogP contribution in [0.1, 0.15) is 23.7 Å². The van der Waals surface area contributed by atoms with Crippen molar-refractivity contribution >= 4 is 17.5 Å². The summed E-state index contributed by atoms with van der Waals surface area (Å²) in [5.41, 5.74) is -0.551. The van der Waals surface area contributed by atoms with Gasteiger partial charge in [-0.05, 0) is 25.5 Å². The van der Waals surface area contributed by atoms with Gasteiger partial charge in [-0.2, -0.15) is 0 Å². The van der Waals surface area contributed by atoms with Crippen molar-refractivity contribution in [1.29, 1.82) is 0 Å². The lowest BCUT2D eigenvalue weighted by atomic mass is 10.2. The van der Waals surface area contributed by atoms with Gasteiger partial charge in [0.1, 0.15) is 17.2 Å². The largest absolute Gasteiger partial charge is 0.352 e. The zero-order valence-electron chi connectivity index (χ0n) is 8.77. The maximum Gasteiger partial charge on any atom is 0.257 e. The molecule has 0 saturated heterocycles. The standard InChI is InChI=1S/C11H12ClF2NO/c1-7(12)5-6-15-11(16)10-8(13)3-2-4-9(10)14/h2-4,7H,5-6H2,1H3,(H,15,16). The van der Waals surface area contributed by atoms with Crippen LogP contribution in [0.5, 0.6) is 0 Å². The Kier molecular flexibility index (Phi) is 4.68. The van der Waals surface area contributed by atoms with E-state index in [1.54, 1.807) is 6.92 Å². The predicted octanol–water partition coefficient (Wildman–Crippen LogP) is 2.71. The minimum atomic E-state index is -0.864. The lowest BCUT2D eigenvalue weighted by molar-refractivity contribution is 0.0945. The van der Waals surface area contributed by atoms with Gasteiger partial charge in [-0.25, -0.2) is 8.78 Å². The number of carbonyl (C=O) groups is 1. The van der Waals surface area contributed by atoms with Crippen LogP contribution in [0.15, 0.2) is 18.2 Å². The fraction of sp³-hybridized carbons (Fsp3) is 0.364. The van der Waals surface area contributed by atoms with Gasteiger partial charge in [-0.3, -0.25) is 4.79 Å². The first-order valence-corrected chi connectivity index (χ1v) is 5.32. The van der Waals surface area contributed by atoms with Gasteiger partial charge >= 0.3 is 0 Å². The lowest BCUT2D eigenvalue weighted by Crippen LogP contribution is -2.27.